The van der Waals surface area contributed by atoms with Gasteiger partial charge in [-0.3, -0.25) is 0 Å². The molecule has 2 aromatic carbocycles. The fourth-order valence-corrected chi connectivity index (χ4v) is 8.69. The molecule has 0 bridgehead atoms. The van der Waals surface area contributed by atoms with Crippen molar-refractivity contribution in [3.8, 4) is 0 Å². The van der Waals surface area contributed by atoms with Gasteiger partial charge >= 0.3 is 0 Å². The lowest BCUT2D eigenvalue weighted by Crippen LogP contribution is -2.64. The van der Waals surface area contributed by atoms with Gasteiger partial charge in [0.2, 0.25) is 0 Å². The Morgan fingerprint density at radius 1 is 1.00 bits per heavy atom. The minimum absolute atomic E-state index is 0.200. The van der Waals surface area contributed by atoms with Crippen LogP contribution in [0.3, 0.4) is 0 Å². The van der Waals surface area contributed by atoms with Crippen LogP contribution in [0.2, 0.25) is 12.6 Å². The van der Waals surface area contributed by atoms with Crippen LogP contribution in [-0.2, 0) is 0 Å². The summed E-state index contributed by atoms with van der Waals surface area (Å²) in [4.78, 5) is 0. The predicted octanol–water partition coefficient (Wildman–Crippen LogP) is 2.77. The highest BCUT2D eigenvalue weighted by molar-refractivity contribution is 7.01. The highest BCUT2D eigenvalue weighted by Gasteiger charge is 2.46. The van der Waals surface area contributed by atoms with Crippen molar-refractivity contribution < 1.29 is 5.11 Å². The number of likely N-dealkylation sites (N-methyl/N-ethyl adjacent to an activating group) is 1. The zero-order valence-corrected chi connectivity index (χ0v) is 15.8. The van der Waals surface area contributed by atoms with Crippen molar-refractivity contribution in [2.24, 2.45) is 0 Å². The Balaban J connectivity index is 2.03. The molecule has 0 amide bonds. The predicted molar refractivity (Wildman–Crippen MR) is 105 cm³/mol. The number of hydrogen-bond donors (Lipinski definition) is 2. The molecule has 1 saturated carbocycles. The van der Waals surface area contributed by atoms with Crippen molar-refractivity contribution in [1.82, 2.24) is 5.32 Å². The summed E-state index contributed by atoms with van der Waals surface area (Å²) >= 11 is 0. The van der Waals surface area contributed by atoms with Gasteiger partial charge in [-0.15, -0.1) is 0 Å². The maximum absolute atomic E-state index is 11.6. The molecular formula is C21H29NOSi. The van der Waals surface area contributed by atoms with E-state index >= 15 is 0 Å². The van der Waals surface area contributed by atoms with Crippen LogP contribution in [0.1, 0.15) is 25.7 Å². The molecular weight excluding hydrogens is 310 g/mol. The lowest BCUT2D eigenvalue weighted by atomic mass is 9.81. The van der Waals surface area contributed by atoms with Gasteiger partial charge in [0.05, 0.1) is 5.60 Å². The van der Waals surface area contributed by atoms with Gasteiger partial charge in [0, 0.05) is 6.04 Å². The second kappa shape index (κ2) is 7.22. The quantitative estimate of drug-likeness (QED) is 0.821. The first-order valence-electron chi connectivity index (χ1n) is 9.09. The van der Waals surface area contributed by atoms with E-state index in [1.807, 2.05) is 7.05 Å². The first-order chi connectivity index (χ1) is 11.6. The first-order valence-corrected chi connectivity index (χ1v) is 11.8. The molecule has 0 saturated heterocycles. The van der Waals surface area contributed by atoms with E-state index in [1.165, 1.54) is 16.8 Å². The smallest absolute Gasteiger partial charge is 0.118 e. The van der Waals surface area contributed by atoms with E-state index in [-0.39, 0.29) is 6.04 Å². The number of nitrogens with one attached hydrogen (secondary N) is 1. The summed E-state index contributed by atoms with van der Waals surface area (Å²) in [5.74, 6) is 0. The summed E-state index contributed by atoms with van der Waals surface area (Å²) in [6.07, 6.45) is 4.31. The van der Waals surface area contributed by atoms with Gasteiger partial charge in [-0.05, 0) is 25.9 Å². The topological polar surface area (TPSA) is 32.3 Å². The minimum atomic E-state index is -2.01. The number of hydrogen-bond acceptors (Lipinski definition) is 2. The molecule has 24 heavy (non-hydrogen) atoms. The van der Waals surface area contributed by atoms with Crippen LogP contribution in [0.15, 0.2) is 60.7 Å². The minimum Gasteiger partial charge on any atom is -0.389 e. The molecule has 128 valence electrons. The van der Waals surface area contributed by atoms with Gasteiger partial charge in [0.1, 0.15) is 8.07 Å². The fraction of sp³-hybridized carbons (Fsp3) is 0.429. The van der Waals surface area contributed by atoms with Crippen molar-refractivity contribution in [2.45, 2.75) is 49.9 Å². The molecule has 0 heterocycles. The summed E-state index contributed by atoms with van der Waals surface area (Å²) in [5, 5.41) is 17.8. The van der Waals surface area contributed by atoms with E-state index < -0.39 is 13.7 Å². The van der Waals surface area contributed by atoms with Crippen molar-refractivity contribution in [1.29, 1.82) is 0 Å². The normalized spacial score (nSPS) is 24.7. The van der Waals surface area contributed by atoms with Crippen LogP contribution in [-0.4, -0.2) is 31.9 Å². The monoisotopic (exact) mass is 339 g/mol. The largest absolute Gasteiger partial charge is 0.389 e. The molecule has 0 radical (unpaired) electrons. The summed E-state index contributed by atoms with van der Waals surface area (Å²) in [5.41, 5.74) is -0.611. The zero-order chi connectivity index (χ0) is 17.0. The van der Waals surface area contributed by atoms with Crippen LogP contribution >= 0.6 is 0 Å². The van der Waals surface area contributed by atoms with Crippen molar-refractivity contribution >= 4 is 18.4 Å². The Bertz CT molecular complexity index is 606. The van der Waals surface area contributed by atoms with Crippen molar-refractivity contribution in [3.63, 3.8) is 0 Å². The molecule has 0 aromatic heterocycles. The first kappa shape index (κ1) is 17.4. The molecule has 0 aliphatic heterocycles. The van der Waals surface area contributed by atoms with Gasteiger partial charge in [0.25, 0.3) is 0 Å². The zero-order valence-electron chi connectivity index (χ0n) is 14.8. The summed E-state index contributed by atoms with van der Waals surface area (Å²) in [6, 6.07) is 22.7. The Labute approximate surface area is 146 Å². The third-order valence-corrected chi connectivity index (χ3v) is 10.4. The standard InChI is InChI=1S/C21H29NOSi/c1-22-20-15-9-10-16-21(20,23)17-24(2,18-11-5-3-6-12-18)19-13-7-4-8-14-19/h3-8,11-14,20,22-23H,9-10,15-17H2,1-2H3/t20-,21+/m0/s1. The number of rotatable bonds is 5. The second-order valence-corrected chi connectivity index (χ2v) is 11.6. The number of benzene rings is 2. The summed E-state index contributed by atoms with van der Waals surface area (Å²) < 4.78 is 0. The van der Waals surface area contributed by atoms with Gasteiger partial charge in [-0.2, -0.15) is 0 Å². The molecule has 0 unspecified atom stereocenters. The molecule has 1 aliphatic rings. The van der Waals surface area contributed by atoms with Crippen LogP contribution in [0, 0.1) is 0 Å². The van der Waals surface area contributed by atoms with E-state index in [9.17, 15) is 5.11 Å². The third kappa shape index (κ3) is 3.34. The van der Waals surface area contributed by atoms with Gasteiger partial charge in [-0.1, -0.05) is 90.4 Å². The molecule has 3 heteroatoms. The van der Waals surface area contributed by atoms with Gasteiger partial charge in [-0.25, -0.2) is 0 Å². The maximum Gasteiger partial charge on any atom is 0.118 e. The molecule has 2 nitrogen and oxygen atoms in total. The molecule has 1 aliphatic carbocycles. The van der Waals surface area contributed by atoms with Crippen LogP contribution in [0.5, 0.6) is 0 Å². The Morgan fingerprint density at radius 3 is 2.04 bits per heavy atom. The molecule has 1 fully saturated rings. The lowest BCUT2D eigenvalue weighted by Gasteiger charge is -2.45. The van der Waals surface area contributed by atoms with E-state index in [0.29, 0.717) is 0 Å². The van der Waals surface area contributed by atoms with E-state index in [0.717, 1.165) is 25.3 Å². The maximum atomic E-state index is 11.6. The summed E-state index contributed by atoms with van der Waals surface area (Å²) in [6.45, 7) is 2.41. The van der Waals surface area contributed by atoms with Crippen LogP contribution in [0.25, 0.3) is 0 Å². The Hall–Kier alpha value is -1.42. The van der Waals surface area contributed by atoms with Crippen molar-refractivity contribution in [2.75, 3.05) is 7.05 Å². The highest BCUT2D eigenvalue weighted by Crippen LogP contribution is 2.35. The average Bonchev–Trinajstić information content (AvgIpc) is 2.63. The molecule has 3 rings (SSSR count). The SMILES string of the molecule is CN[C@H]1CCCC[C@@]1(O)C[Si](C)(c1ccccc1)c1ccccc1. The Kier molecular flexibility index (Phi) is 5.23. The number of aliphatic hydroxyl groups is 1. The molecule has 0 spiro atoms. The van der Waals surface area contributed by atoms with E-state index in [2.05, 4.69) is 72.5 Å². The second-order valence-electron chi connectivity index (χ2n) is 7.43. The molecule has 2 N–H and O–H groups in total. The van der Waals surface area contributed by atoms with Crippen LogP contribution in [0.4, 0.5) is 0 Å². The lowest BCUT2D eigenvalue weighted by molar-refractivity contribution is -0.00799. The molecule has 2 aromatic rings. The van der Waals surface area contributed by atoms with Crippen LogP contribution < -0.4 is 15.7 Å². The third-order valence-electron chi connectivity index (χ3n) is 5.83. The highest BCUT2D eigenvalue weighted by atomic mass is 28.3. The van der Waals surface area contributed by atoms with Gasteiger partial charge < -0.3 is 10.4 Å². The summed E-state index contributed by atoms with van der Waals surface area (Å²) in [7, 11) is -0.0185. The van der Waals surface area contributed by atoms with Gasteiger partial charge in [0.15, 0.2) is 0 Å². The molecule has 2 atom stereocenters. The fourth-order valence-electron chi connectivity index (χ4n) is 4.44. The van der Waals surface area contributed by atoms with E-state index in [1.54, 1.807) is 0 Å². The van der Waals surface area contributed by atoms with E-state index in [4.69, 9.17) is 0 Å². The Morgan fingerprint density at radius 2 is 1.54 bits per heavy atom. The average molecular weight is 340 g/mol. The van der Waals surface area contributed by atoms with Crippen molar-refractivity contribution in [3.05, 3.63) is 60.7 Å².